The van der Waals surface area contributed by atoms with Gasteiger partial charge in [-0.3, -0.25) is 0 Å². The van der Waals surface area contributed by atoms with E-state index in [0.29, 0.717) is 36.2 Å². The first-order valence-electron chi connectivity index (χ1n) is 13.6. The number of aliphatic hydroxyl groups excluding tert-OH is 2. The summed E-state index contributed by atoms with van der Waals surface area (Å²) in [5.41, 5.74) is 0.0189. The molecule has 2 fully saturated rings. The Labute approximate surface area is 228 Å². The van der Waals surface area contributed by atoms with E-state index in [1.54, 1.807) is 6.07 Å². The molecule has 2 aromatic carbocycles. The smallest absolute Gasteiger partial charge is 0.226 e. The maximum atomic E-state index is 13.0. The van der Waals surface area contributed by atoms with Gasteiger partial charge in [-0.25, -0.2) is 0 Å². The molecule has 8 nitrogen and oxygen atoms in total. The van der Waals surface area contributed by atoms with E-state index in [-0.39, 0.29) is 12.5 Å². The van der Waals surface area contributed by atoms with Crippen molar-refractivity contribution >= 4 is 0 Å². The molecule has 2 saturated carbocycles. The number of aromatic nitrogens is 1. The maximum Gasteiger partial charge on any atom is 0.226 e. The van der Waals surface area contributed by atoms with Gasteiger partial charge >= 0.3 is 0 Å². The number of methoxy groups -OCH3 is 2. The van der Waals surface area contributed by atoms with Crippen LogP contribution in [-0.2, 0) is 11.2 Å². The number of hydrogen-bond donors (Lipinski definition) is 3. The van der Waals surface area contributed by atoms with Gasteiger partial charge in [-0.2, -0.15) is 4.98 Å². The van der Waals surface area contributed by atoms with Crippen LogP contribution in [-0.4, -0.2) is 72.3 Å². The van der Waals surface area contributed by atoms with Gasteiger partial charge < -0.3 is 34.4 Å². The van der Waals surface area contributed by atoms with Crippen LogP contribution in [0.25, 0.3) is 0 Å². The molecular formula is C31H36N2O6. The monoisotopic (exact) mass is 532 g/mol. The quantitative estimate of drug-likeness (QED) is 0.386. The van der Waals surface area contributed by atoms with E-state index in [0.717, 1.165) is 11.1 Å². The van der Waals surface area contributed by atoms with Crippen molar-refractivity contribution < 1.29 is 29.5 Å². The highest BCUT2D eigenvalue weighted by atomic mass is 16.5. The van der Waals surface area contributed by atoms with Crippen molar-refractivity contribution in [2.75, 3.05) is 41.0 Å². The van der Waals surface area contributed by atoms with Crippen LogP contribution >= 0.6 is 0 Å². The summed E-state index contributed by atoms with van der Waals surface area (Å²) in [5.74, 6) is 0.489. The van der Waals surface area contributed by atoms with E-state index in [9.17, 15) is 15.3 Å². The van der Waals surface area contributed by atoms with Gasteiger partial charge in [-0.05, 0) is 42.5 Å². The van der Waals surface area contributed by atoms with Gasteiger partial charge in [0.15, 0.2) is 11.2 Å². The zero-order chi connectivity index (χ0) is 27.4. The van der Waals surface area contributed by atoms with Gasteiger partial charge in [0, 0.05) is 31.0 Å². The fourth-order valence-corrected chi connectivity index (χ4v) is 6.91. The van der Waals surface area contributed by atoms with Crippen LogP contribution in [0.1, 0.15) is 46.9 Å². The third kappa shape index (κ3) is 3.84. The number of rotatable bonds is 9. The fraction of sp³-hybridized carbons (Fsp3) is 0.452. The van der Waals surface area contributed by atoms with Crippen LogP contribution in [0.5, 0.6) is 17.5 Å². The Morgan fingerprint density at radius 1 is 1.03 bits per heavy atom. The van der Waals surface area contributed by atoms with Crippen molar-refractivity contribution in [3.63, 3.8) is 0 Å². The molecule has 3 N–H and O–H groups in total. The summed E-state index contributed by atoms with van der Waals surface area (Å²) in [6.07, 6.45) is 1.13. The maximum absolute atomic E-state index is 13.0. The molecule has 3 aliphatic rings. The first kappa shape index (κ1) is 26.1. The molecule has 1 aliphatic heterocycles. The van der Waals surface area contributed by atoms with E-state index in [1.807, 2.05) is 54.4 Å². The standard InChI is InChI=1S/C31H36N2O6/c1-33(15-16-34)18-23-26(21-7-5-4-6-8-21)31(22-13-11-20(12-14-22)19-9-10-19)30(36,28(23)35)27-24(39-31)17-25(37-2)32-29(27)38-3/h4-8,11-14,17,19,23,26,28,34-36H,9-10,15-16,18H2,1-3H3/t23-,26-,28-,30+,31+/m1/s1. The minimum atomic E-state index is -1.89. The number of nitrogens with zero attached hydrogens (tertiary/aromatic N) is 2. The molecule has 0 bridgehead atoms. The Hall–Kier alpha value is -3.17. The summed E-state index contributed by atoms with van der Waals surface area (Å²) in [4.78, 5) is 6.44. The highest BCUT2D eigenvalue weighted by Crippen LogP contribution is 2.70. The Kier molecular flexibility index (Phi) is 6.54. The predicted molar refractivity (Wildman–Crippen MR) is 145 cm³/mol. The molecule has 0 saturated heterocycles. The summed E-state index contributed by atoms with van der Waals surface area (Å²) >= 11 is 0. The third-order valence-electron chi connectivity index (χ3n) is 8.80. The van der Waals surface area contributed by atoms with E-state index in [1.165, 1.54) is 32.6 Å². The lowest BCUT2D eigenvalue weighted by atomic mass is 9.70. The normalized spacial score (nSPS) is 29.2. The molecule has 5 atom stereocenters. The van der Waals surface area contributed by atoms with Crippen molar-refractivity contribution in [2.24, 2.45) is 5.92 Å². The molecular weight excluding hydrogens is 496 g/mol. The van der Waals surface area contributed by atoms with Crippen molar-refractivity contribution in [3.05, 3.63) is 82.9 Å². The molecule has 3 aromatic rings. The van der Waals surface area contributed by atoms with Gasteiger partial charge in [0.2, 0.25) is 11.8 Å². The summed E-state index contributed by atoms with van der Waals surface area (Å²) < 4.78 is 18.0. The van der Waals surface area contributed by atoms with Gasteiger partial charge in [0.1, 0.15) is 5.75 Å². The number of ether oxygens (including phenoxy) is 3. The van der Waals surface area contributed by atoms with E-state index in [4.69, 9.17) is 14.2 Å². The number of likely N-dealkylation sites (N-methyl/N-ethyl adjacent to an activating group) is 1. The number of aliphatic hydroxyl groups is 3. The Morgan fingerprint density at radius 2 is 1.74 bits per heavy atom. The molecule has 8 heteroatoms. The molecule has 39 heavy (non-hydrogen) atoms. The van der Waals surface area contributed by atoms with Crippen molar-refractivity contribution in [2.45, 2.75) is 42.0 Å². The molecule has 6 rings (SSSR count). The topological polar surface area (TPSA) is 105 Å². The molecule has 2 aliphatic carbocycles. The summed E-state index contributed by atoms with van der Waals surface area (Å²) in [5, 5.41) is 34.8. The average molecular weight is 533 g/mol. The van der Waals surface area contributed by atoms with E-state index < -0.39 is 29.1 Å². The van der Waals surface area contributed by atoms with Gasteiger partial charge in [0.05, 0.1) is 32.5 Å². The number of pyridine rings is 1. The van der Waals surface area contributed by atoms with Crippen LogP contribution in [0.3, 0.4) is 0 Å². The molecule has 2 heterocycles. The summed E-state index contributed by atoms with van der Waals surface area (Å²) in [7, 11) is 4.90. The lowest BCUT2D eigenvalue weighted by Crippen LogP contribution is -2.52. The molecule has 0 spiro atoms. The largest absolute Gasteiger partial charge is 0.481 e. The second kappa shape index (κ2) is 9.78. The highest BCUT2D eigenvalue weighted by Gasteiger charge is 2.77. The van der Waals surface area contributed by atoms with Crippen molar-refractivity contribution in [1.82, 2.24) is 9.88 Å². The van der Waals surface area contributed by atoms with Crippen molar-refractivity contribution in [3.8, 4) is 17.5 Å². The SMILES string of the molecule is COc1cc2c(c(OC)n1)[C@]1(O)[C@H](O)[C@H](CN(C)CCO)[C@@H](c3ccccc3)[C@]1(c1ccc(C3CC3)cc1)O2. The van der Waals surface area contributed by atoms with Crippen LogP contribution in [0, 0.1) is 5.92 Å². The Bertz CT molecular complexity index is 1330. The Balaban J connectivity index is 1.62. The Morgan fingerprint density at radius 3 is 2.36 bits per heavy atom. The zero-order valence-corrected chi connectivity index (χ0v) is 22.6. The lowest BCUT2D eigenvalue weighted by molar-refractivity contribution is -0.152. The average Bonchev–Trinajstić information content (AvgIpc) is 3.75. The number of fused-ring (bicyclic) bond motifs is 3. The second-order valence-electron chi connectivity index (χ2n) is 11.0. The first-order valence-corrected chi connectivity index (χ1v) is 13.6. The zero-order valence-electron chi connectivity index (χ0n) is 22.6. The van der Waals surface area contributed by atoms with Crippen LogP contribution < -0.4 is 14.2 Å². The minimum Gasteiger partial charge on any atom is -0.481 e. The van der Waals surface area contributed by atoms with Crippen LogP contribution in [0.4, 0.5) is 0 Å². The van der Waals surface area contributed by atoms with Gasteiger partial charge in [0.25, 0.3) is 0 Å². The predicted octanol–water partition coefficient (Wildman–Crippen LogP) is 3.15. The number of hydrogen-bond acceptors (Lipinski definition) is 8. The molecule has 0 unspecified atom stereocenters. The summed E-state index contributed by atoms with van der Waals surface area (Å²) in [6.45, 7) is 0.853. The third-order valence-corrected chi connectivity index (χ3v) is 8.80. The summed E-state index contributed by atoms with van der Waals surface area (Å²) in [6, 6.07) is 19.9. The number of benzene rings is 2. The van der Waals surface area contributed by atoms with Gasteiger partial charge in [-0.1, -0.05) is 54.6 Å². The van der Waals surface area contributed by atoms with E-state index >= 15 is 0 Å². The molecule has 1 aromatic heterocycles. The molecule has 0 amide bonds. The van der Waals surface area contributed by atoms with Crippen LogP contribution in [0.15, 0.2) is 60.7 Å². The highest BCUT2D eigenvalue weighted by molar-refractivity contribution is 5.60. The molecule has 0 radical (unpaired) electrons. The van der Waals surface area contributed by atoms with Crippen molar-refractivity contribution in [1.29, 1.82) is 0 Å². The molecule has 206 valence electrons. The van der Waals surface area contributed by atoms with Crippen LogP contribution in [0.2, 0.25) is 0 Å². The minimum absolute atomic E-state index is 0.00969. The fourth-order valence-electron chi connectivity index (χ4n) is 6.91. The first-order chi connectivity index (χ1) is 18.9. The van der Waals surface area contributed by atoms with E-state index in [2.05, 4.69) is 17.1 Å². The van der Waals surface area contributed by atoms with Gasteiger partial charge in [-0.15, -0.1) is 0 Å². The second-order valence-corrected chi connectivity index (χ2v) is 11.0. The lowest BCUT2D eigenvalue weighted by Gasteiger charge is -2.41.